The Bertz CT molecular complexity index is 566. The molecule has 1 amide bonds. The molecule has 1 aromatic heterocycles. The number of rotatable bonds is 9. The Morgan fingerprint density at radius 1 is 1.40 bits per heavy atom. The van der Waals surface area contributed by atoms with Crippen LogP contribution in [-0.4, -0.2) is 52.0 Å². The molecule has 0 bridgehead atoms. The van der Waals surface area contributed by atoms with Crippen molar-refractivity contribution in [3.8, 4) is 0 Å². The Labute approximate surface area is 155 Å². The zero-order chi connectivity index (χ0) is 18.2. The fraction of sp³-hybridized carbons (Fsp3) is 0.722. The number of amides is 1. The van der Waals surface area contributed by atoms with Gasteiger partial charge in [0.25, 0.3) is 0 Å². The second-order valence-electron chi connectivity index (χ2n) is 6.77. The van der Waals surface area contributed by atoms with E-state index < -0.39 is 0 Å². The van der Waals surface area contributed by atoms with E-state index in [-0.39, 0.29) is 11.9 Å². The van der Waals surface area contributed by atoms with Crippen LogP contribution >= 0.6 is 11.8 Å². The molecule has 1 saturated carbocycles. The van der Waals surface area contributed by atoms with Gasteiger partial charge in [0.2, 0.25) is 5.91 Å². The zero-order valence-corrected chi connectivity index (χ0v) is 16.5. The van der Waals surface area contributed by atoms with E-state index in [1.165, 1.54) is 43.9 Å². The van der Waals surface area contributed by atoms with Gasteiger partial charge < -0.3 is 9.88 Å². The Balaban J connectivity index is 2.21. The van der Waals surface area contributed by atoms with E-state index in [4.69, 9.17) is 0 Å². The predicted octanol–water partition coefficient (Wildman–Crippen LogP) is 3.19. The second-order valence-corrected chi connectivity index (χ2v) is 7.71. The van der Waals surface area contributed by atoms with Crippen LogP contribution in [-0.2, 0) is 4.79 Å². The molecule has 0 aromatic carbocycles. The summed E-state index contributed by atoms with van der Waals surface area (Å²) in [5.41, 5.74) is 0. The number of aromatic nitrogens is 3. The zero-order valence-electron chi connectivity index (χ0n) is 15.7. The lowest BCUT2D eigenvalue weighted by Gasteiger charge is -2.29. The molecule has 0 unspecified atom stereocenters. The molecule has 7 heteroatoms. The van der Waals surface area contributed by atoms with Crippen molar-refractivity contribution >= 4 is 17.7 Å². The molecule has 140 valence electrons. The van der Waals surface area contributed by atoms with Crippen molar-refractivity contribution in [3.63, 3.8) is 0 Å². The molecule has 1 atom stereocenters. The minimum absolute atomic E-state index is 0.00398. The monoisotopic (exact) mass is 365 g/mol. The van der Waals surface area contributed by atoms with Crippen molar-refractivity contribution in [1.29, 1.82) is 0 Å². The van der Waals surface area contributed by atoms with E-state index >= 15 is 0 Å². The van der Waals surface area contributed by atoms with Gasteiger partial charge in [-0.05, 0) is 33.4 Å². The maximum Gasteiger partial charge on any atom is 0.230 e. The lowest BCUT2D eigenvalue weighted by atomic mass is 9.95. The van der Waals surface area contributed by atoms with Gasteiger partial charge in [-0.15, -0.1) is 16.8 Å². The first-order valence-electron chi connectivity index (χ1n) is 9.20. The molecule has 2 rings (SSSR count). The molecule has 1 N–H and O–H groups in total. The quantitative estimate of drug-likeness (QED) is 0.538. The van der Waals surface area contributed by atoms with Crippen molar-refractivity contribution in [1.82, 2.24) is 25.0 Å². The summed E-state index contributed by atoms with van der Waals surface area (Å²) in [5.74, 6) is 1.40. The molecule has 0 radical (unpaired) electrons. The van der Waals surface area contributed by atoms with Crippen LogP contribution in [0.2, 0.25) is 0 Å². The van der Waals surface area contributed by atoms with E-state index in [9.17, 15) is 4.79 Å². The van der Waals surface area contributed by atoms with Gasteiger partial charge in [-0.25, -0.2) is 0 Å². The van der Waals surface area contributed by atoms with Crippen LogP contribution in [0.5, 0.6) is 0 Å². The Morgan fingerprint density at radius 3 is 2.72 bits per heavy atom. The summed E-state index contributed by atoms with van der Waals surface area (Å²) in [6.45, 7) is 6.30. The Hall–Kier alpha value is -1.34. The molecule has 1 aliphatic rings. The number of hydrogen-bond acceptors (Lipinski definition) is 5. The highest BCUT2D eigenvalue weighted by Gasteiger charge is 2.27. The molecular weight excluding hydrogens is 334 g/mol. The number of hydrogen-bond donors (Lipinski definition) is 1. The maximum absolute atomic E-state index is 11.9. The number of nitrogens with zero attached hydrogens (tertiary/aromatic N) is 4. The predicted molar refractivity (Wildman–Crippen MR) is 103 cm³/mol. The maximum atomic E-state index is 11.9. The fourth-order valence-corrected chi connectivity index (χ4v) is 4.28. The van der Waals surface area contributed by atoms with E-state index in [1.54, 1.807) is 6.08 Å². The van der Waals surface area contributed by atoms with E-state index in [0.717, 1.165) is 17.4 Å². The Kier molecular flexibility index (Phi) is 7.96. The molecule has 0 aliphatic heterocycles. The van der Waals surface area contributed by atoms with Crippen molar-refractivity contribution < 1.29 is 4.79 Å². The average molecular weight is 366 g/mol. The van der Waals surface area contributed by atoms with Gasteiger partial charge in [0.1, 0.15) is 0 Å². The SMILES string of the molecule is C=CCNC(=O)CSc1nnc([C@H](CC)N(C)C)n1C1CCCCC1. The molecule has 25 heavy (non-hydrogen) atoms. The van der Waals surface area contributed by atoms with Crippen molar-refractivity contribution in [3.05, 3.63) is 18.5 Å². The molecular formula is C18H31N5OS. The van der Waals surface area contributed by atoms with E-state index in [2.05, 4.69) is 52.6 Å². The third kappa shape index (κ3) is 5.31. The largest absolute Gasteiger partial charge is 0.352 e. The standard InChI is InChI=1S/C18H31N5OS/c1-5-12-19-16(24)13-25-18-21-20-17(15(6-2)22(3)4)23(18)14-10-8-7-9-11-14/h5,14-15H,1,6-13H2,2-4H3,(H,19,24)/t15-/m0/s1. The topological polar surface area (TPSA) is 63.1 Å². The van der Waals surface area contributed by atoms with Crippen LogP contribution in [0.15, 0.2) is 17.8 Å². The van der Waals surface area contributed by atoms with Crippen LogP contribution in [0.25, 0.3) is 0 Å². The van der Waals surface area contributed by atoms with Crippen molar-refractivity contribution in [2.24, 2.45) is 0 Å². The summed E-state index contributed by atoms with van der Waals surface area (Å²) in [5, 5.41) is 12.7. The Morgan fingerprint density at radius 2 is 2.12 bits per heavy atom. The van der Waals surface area contributed by atoms with Crippen LogP contribution in [0.1, 0.15) is 63.4 Å². The van der Waals surface area contributed by atoms with Crippen LogP contribution in [0.4, 0.5) is 0 Å². The second kappa shape index (κ2) is 9.97. The molecule has 0 spiro atoms. The van der Waals surface area contributed by atoms with Crippen molar-refractivity contribution in [2.75, 3.05) is 26.4 Å². The number of carbonyl (C=O) groups is 1. The minimum atomic E-state index is 0.00398. The van der Waals surface area contributed by atoms with Crippen LogP contribution in [0.3, 0.4) is 0 Å². The van der Waals surface area contributed by atoms with E-state index in [0.29, 0.717) is 18.3 Å². The molecule has 1 heterocycles. The third-order valence-electron chi connectivity index (χ3n) is 4.71. The molecule has 0 saturated heterocycles. The van der Waals surface area contributed by atoms with Gasteiger partial charge in [0, 0.05) is 12.6 Å². The summed E-state index contributed by atoms with van der Waals surface area (Å²) < 4.78 is 2.32. The van der Waals surface area contributed by atoms with Gasteiger partial charge in [0.15, 0.2) is 11.0 Å². The first-order valence-corrected chi connectivity index (χ1v) is 10.2. The average Bonchev–Trinajstić information content (AvgIpc) is 3.02. The summed E-state index contributed by atoms with van der Waals surface area (Å²) >= 11 is 1.48. The molecule has 1 fully saturated rings. The van der Waals surface area contributed by atoms with Crippen LogP contribution < -0.4 is 5.32 Å². The van der Waals surface area contributed by atoms with Gasteiger partial charge in [-0.1, -0.05) is 44.0 Å². The summed E-state index contributed by atoms with van der Waals surface area (Å²) in [6.07, 6.45) is 8.84. The number of nitrogens with one attached hydrogen (secondary N) is 1. The lowest BCUT2D eigenvalue weighted by molar-refractivity contribution is -0.118. The highest BCUT2D eigenvalue weighted by Crippen LogP contribution is 2.35. The lowest BCUT2D eigenvalue weighted by Crippen LogP contribution is -2.27. The minimum Gasteiger partial charge on any atom is -0.352 e. The molecule has 6 nitrogen and oxygen atoms in total. The molecule has 1 aromatic rings. The van der Waals surface area contributed by atoms with Crippen LogP contribution in [0, 0.1) is 0 Å². The normalized spacial score (nSPS) is 16.8. The fourth-order valence-electron chi connectivity index (χ4n) is 3.44. The third-order valence-corrected chi connectivity index (χ3v) is 5.66. The highest BCUT2D eigenvalue weighted by atomic mass is 32.2. The molecule has 1 aliphatic carbocycles. The summed E-state index contributed by atoms with van der Waals surface area (Å²) in [4.78, 5) is 14.1. The number of carbonyl (C=O) groups excluding carboxylic acids is 1. The first-order chi connectivity index (χ1) is 12.1. The summed E-state index contributed by atoms with van der Waals surface area (Å²) in [6, 6.07) is 0.699. The first kappa shape index (κ1) is 20.0. The summed E-state index contributed by atoms with van der Waals surface area (Å²) in [7, 11) is 4.17. The van der Waals surface area contributed by atoms with Gasteiger partial charge in [0.05, 0.1) is 11.8 Å². The van der Waals surface area contributed by atoms with Gasteiger partial charge >= 0.3 is 0 Å². The highest BCUT2D eigenvalue weighted by molar-refractivity contribution is 7.99. The van der Waals surface area contributed by atoms with Gasteiger partial charge in [-0.3, -0.25) is 9.69 Å². The van der Waals surface area contributed by atoms with E-state index in [1.807, 2.05) is 0 Å². The number of thioether (sulfide) groups is 1. The van der Waals surface area contributed by atoms with Crippen molar-refractivity contribution in [2.45, 2.75) is 62.7 Å². The smallest absolute Gasteiger partial charge is 0.230 e. The van der Waals surface area contributed by atoms with Gasteiger partial charge in [-0.2, -0.15) is 0 Å².